The van der Waals surface area contributed by atoms with Crippen LogP contribution in [0.2, 0.25) is 0 Å². The smallest absolute Gasteiger partial charge is 0.211 e. The van der Waals surface area contributed by atoms with E-state index >= 15 is 0 Å². The molecular formula is C14H21NO4S. The van der Waals surface area contributed by atoms with Gasteiger partial charge in [0.15, 0.2) is 0 Å². The Hall–Kier alpha value is -1.11. The zero-order chi connectivity index (χ0) is 14.8. The Kier molecular flexibility index (Phi) is 4.36. The molecule has 1 atom stereocenters. The molecule has 1 heterocycles. The fourth-order valence-corrected chi connectivity index (χ4v) is 3.18. The molecule has 1 aromatic carbocycles. The standard InChI is InChI=1S/C14H21NO4S/c1-12-4-6-13(7-5-12)19-11-14(18-2)8-9-15(10-14)20(3,16)17/h4-7H,8-11H2,1-3H3. The van der Waals surface area contributed by atoms with Crippen molar-refractivity contribution in [2.45, 2.75) is 18.9 Å². The van der Waals surface area contributed by atoms with Gasteiger partial charge in [0.1, 0.15) is 18.0 Å². The molecule has 1 aliphatic heterocycles. The maximum Gasteiger partial charge on any atom is 0.211 e. The van der Waals surface area contributed by atoms with E-state index in [-0.39, 0.29) is 0 Å². The summed E-state index contributed by atoms with van der Waals surface area (Å²) in [5.41, 5.74) is 0.608. The Bertz CT molecular complexity index is 555. The van der Waals surface area contributed by atoms with Gasteiger partial charge in [-0.2, -0.15) is 4.31 Å². The van der Waals surface area contributed by atoms with Gasteiger partial charge in [-0.05, 0) is 25.5 Å². The molecule has 0 bridgehead atoms. The second-order valence-corrected chi connectivity index (χ2v) is 7.32. The molecule has 1 aliphatic rings. The normalized spacial score (nSPS) is 23.9. The van der Waals surface area contributed by atoms with Gasteiger partial charge < -0.3 is 9.47 Å². The maximum absolute atomic E-state index is 11.6. The third-order valence-electron chi connectivity index (χ3n) is 3.71. The van der Waals surface area contributed by atoms with Crippen LogP contribution in [0.1, 0.15) is 12.0 Å². The van der Waals surface area contributed by atoms with Crippen molar-refractivity contribution < 1.29 is 17.9 Å². The van der Waals surface area contributed by atoms with Crippen molar-refractivity contribution in [2.24, 2.45) is 0 Å². The molecule has 0 radical (unpaired) electrons. The van der Waals surface area contributed by atoms with Crippen molar-refractivity contribution >= 4 is 10.0 Å². The molecule has 2 rings (SSSR count). The van der Waals surface area contributed by atoms with Gasteiger partial charge in [-0.15, -0.1) is 0 Å². The SMILES string of the molecule is COC1(COc2ccc(C)cc2)CCN(S(C)(=O)=O)C1. The largest absolute Gasteiger partial charge is 0.491 e. The predicted octanol–water partition coefficient (Wildman–Crippen LogP) is 1.42. The number of hydrogen-bond donors (Lipinski definition) is 0. The number of rotatable bonds is 5. The summed E-state index contributed by atoms with van der Waals surface area (Å²) < 4.78 is 35.9. The van der Waals surface area contributed by atoms with Gasteiger partial charge in [-0.25, -0.2) is 8.42 Å². The quantitative estimate of drug-likeness (QED) is 0.825. The van der Waals surface area contributed by atoms with Crippen LogP contribution in [0.5, 0.6) is 5.75 Å². The lowest BCUT2D eigenvalue weighted by atomic mass is 10.1. The van der Waals surface area contributed by atoms with Crippen LogP contribution in [-0.2, 0) is 14.8 Å². The second-order valence-electron chi connectivity index (χ2n) is 5.34. The first-order valence-electron chi connectivity index (χ1n) is 6.54. The summed E-state index contributed by atoms with van der Waals surface area (Å²) in [6.45, 7) is 3.18. The Morgan fingerprint density at radius 3 is 2.45 bits per heavy atom. The fraction of sp³-hybridized carbons (Fsp3) is 0.571. The van der Waals surface area contributed by atoms with E-state index in [2.05, 4.69) is 0 Å². The summed E-state index contributed by atoms with van der Waals surface area (Å²) in [5.74, 6) is 0.768. The molecule has 20 heavy (non-hydrogen) atoms. The molecule has 1 fully saturated rings. The summed E-state index contributed by atoms with van der Waals surface area (Å²) in [5, 5.41) is 0. The van der Waals surface area contributed by atoms with Crippen LogP contribution in [0.25, 0.3) is 0 Å². The van der Waals surface area contributed by atoms with E-state index in [9.17, 15) is 8.42 Å². The van der Waals surface area contributed by atoms with Gasteiger partial charge in [0.25, 0.3) is 0 Å². The Balaban J connectivity index is 2.01. The lowest BCUT2D eigenvalue weighted by Gasteiger charge is -2.27. The van der Waals surface area contributed by atoms with E-state index in [4.69, 9.17) is 9.47 Å². The summed E-state index contributed by atoms with van der Waals surface area (Å²) in [4.78, 5) is 0. The molecular weight excluding hydrogens is 278 g/mol. The van der Waals surface area contributed by atoms with Crippen LogP contribution in [-0.4, -0.2) is 51.4 Å². The lowest BCUT2D eigenvalue weighted by molar-refractivity contribution is -0.0317. The average molecular weight is 299 g/mol. The Morgan fingerprint density at radius 2 is 1.95 bits per heavy atom. The van der Waals surface area contributed by atoms with E-state index < -0.39 is 15.6 Å². The first kappa shape index (κ1) is 15.3. The molecule has 1 unspecified atom stereocenters. The van der Waals surface area contributed by atoms with Crippen molar-refractivity contribution in [2.75, 3.05) is 33.1 Å². The lowest BCUT2D eigenvalue weighted by Crippen LogP contribution is -2.42. The molecule has 5 nitrogen and oxygen atoms in total. The van der Waals surface area contributed by atoms with E-state index in [1.54, 1.807) is 7.11 Å². The van der Waals surface area contributed by atoms with E-state index in [0.717, 1.165) is 5.75 Å². The summed E-state index contributed by atoms with van der Waals surface area (Å²) in [7, 11) is -1.57. The van der Waals surface area contributed by atoms with Crippen LogP contribution in [0.15, 0.2) is 24.3 Å². The van der Waals surface area contributed by atoms with Crippen LogP contribution in [0.4, 0.5) is 0 Å². The van der Waals surface area contributed by atoms with Crippen molar-refractivity contribution in [1.29, 1.82) is 0 Å². The highest BCUT2D eigenvalue weighted by Gasteiger charge is 2.42. The zero-order valence-corrected chi connectivity index (χ0v) is 12.9. The number of methoxy groups -OCH3 is 1. The second kappa shape index (κ2) is 5.71. The third kappa shape index (κ3) is 3.50. The van der Waals surface area contributed by atoms with Crippen molar-refractivity contribution in [3.63, 3.8) is 0 Å². The molecule has 112 valence electrons. The first-order valence-corrected chi connectivity index (χ1v) is 8.39. The molecule has 0 spiro atoms. The molecule has 0 amide bonds. The summed E-state index contributed by atoms with van der Waals surface area (Å²) >= 11 is 0. The number of sulfonamides is 1. The highest BCUT2D eigenvalue weighted by molar-refractivity contribution is 7.88. The van der Waals surface area contributed by atoms with Gasteiger partial charge >= 0.3 is 0 Å². The van der Waals surface area contributed by atoms with Gasteiger partial charge in [0.2, 0.25) is 10.0 Å². The van der Waals surface area contributed by atoms with Crippen LogP contribution < -0.4 is 4.74 Å². The average Bonchev–Trinajstić information content (AvgIpc) is 2.83. The molecule has 0 aliphatic carbocycles. The Labute approximate surface area is 120 Å². The van der Waals surface area contributed by atoms with Crippen LogP contribution in [0.3, 0.4) is 0 Å². The van der Waals surface area contributed by atoms with E-state index in [0.29, 0.717) is 26.1 Å². The molecule has 1 aromatic rings. The van der Waals surface area contributed by atoms with Crippen LogP contribution >= 0.6 is 0 Å². The maximum atomic E-state index is 11.6. The van der Waals surface area contributed by atoms with Gasteiger partial charge in [0.05, 0.1) is 6.26 Å². The van der Waals surface area contributed by atoms with Gasteiger partial charge in [-0.3, -0.25) is 0 Å². The predicted molar refractivity (Wildman–Crippen MR) is 77.4 cm³/mol. The monoisotopic (exact) mass is 299 g/mol. The number of ether oxygens (including phenoxy) is 2. The summed E-state index contributed by atoms with van der Waals surface area (Å²) in [6.07, 6.45) is 1.86. The number of hydrogen-bond acceptors (Lipinski definition) is 4. The molecule has 0 N–H and O–H groups in total. The van der Waals surface area contributed by atoms with Crippen molar-refractivity contribution in [1.82, 2.24) is 4.31 Å². The third-order valence-corrected chi connectivity index (χ3v) is 4.96. The van der Waals surface area contributed by atoms with Gasteiger partial charge in [0, 0.05) is 20.2 Å². The highest BCUT2D eigenvalue weighted by Crippen LogP contribution is 2.27. The number of nitrogens with zero attached hydrogens (tertiary/aromatic N) is 1. The number of benzene rings is 1. The fourth-order valence-electron chi connectivity index (χ4n) is 2.28. The molecule has 1 saturated heterocycles. The zero-order valence-electron chi connectivity index (χ0n) is 12.1. The molecule has 6 heteroatoms. The minimum absolute atomic E-state index is 0.341. The van der Waals surface area contributed by atoms with Crippen molar-refractivity contribution in [3.8, 4) is 5.75 Å². The minimum atomic E-state index is -3.17. The topological polar surface area (TPSA) is 55.8 Å². The van der Waals surface area contributed by atoms with Crippen LogP contribution in [0, 0.1) is 6.92 Å². The van der Waals surface area contributed by atoms with E-state index in [1.165, 1.54) is 16.1 Å². The molecule has 0 aromatic heterocycles. The Morgan fingerprint density at radius 1 is 1.30 bits per heavy atom. The van der Waals surface area contributed by atoms with Gasteiger partial charge in [-0.1, -0.05) is 17.7 Å². The minimum Gasteiger partial charge on any atom is -0.491 e. The number of aryl methyl sites for hydroxylation is 1. The highest BCUT2D eigenvalue weighted by atomic mass is 32.2. The van der Waals surface area contributed by atoms with Crippen molar-refractivity contribution in [3.05, 3.63) is 29.8 Å². The summed E-state index contributed by atoms with van der Waals surface area (Å²) in [6, 6.07) is 7.77. The first-order chi connectivity index (χ1) is 9.35. The van der Waals surface area contributed by atoms with E-state index in [1.807, 2.05) is 31.2 Å². The molecule has 0 saturated carbocycles.